The summed E-state index contributed by atoms with van der Waals surface area (Å²) in [7, 11) is 1.93. The molecule has 0 fully saturated rings. The Morgan fingerprint density at radius 1 is 1.32 bits per heavy atom. The lowest BCUT2D eigenvalue weighted by Gasteiger charge is -2.08. The fourth-order valence-corrected chi connectivity index (χ4v) is 2.92. The maximum absolute atomic E-state index is 8.68. The van der Waals surface area contributed by atoms with Gasteiger partial charge in [0.2, 0.25) is 0 Å². The van der Waals surface area contributed by atoms with Gasteiger partial charge in [0.25, 0.3) is 0 Å². The Morgan fingerprint density at radius 2 is 2.00 bits per heavy atom. The smallest absolute Gasteiger partial charge is 0.155 e. The molecule has 0 amide bonds. The van der Waals surface area contributed by atoms with Gasteiger partial charge in [0.15, 0.2) is 5.82 Å². The molecule has 0 atom stereocenters. The van der Waals surface area contributed by atoms with Gasteiger partial charge in [-0.05, 0) is 18.1 Å². The van der Waals surface area contributed by atoms with E-state index in [1.54, 1.807) is 11.8 Å². The highest BCUT2D eigenvalue weighted by atomic mass is 32.2. The van der Waals surface area contributed by atoms with Crippen molar-refractivity contribution in [2.75, 3.05) is 0 Å². The summed E-state index contributed by atoms with van der Waals surface area (Å²) < 4.78 is 1.95. The minimum absolute atomic E-state index is 0.318. The molecule has 1 aromatic heterocycles. The van der Waals surface area contributed by atoms with Crippen LogP contribution in [-0.4, -0.2) is 21.0 Å². The number of imidazole rings is 1. The molecule has 0 bridgehead atoms. The van der Waals surface area contributed by atoms with E-state index in [1.807, 2.05) is 29.8 Å². The van der Waals surface area contributed by atoms with Crippen LogP contribution >= 0.6 is 11.8 Å². The maximum Gasteiger partial charge on any atom is 0.155 e. The summed E-state index contributed by atoms with van der Waals surface area (Å²) in [5, 5.41) is 12.8. The molecule has 19 heavy (non-hydrogen) atoms. The first-order valence-corrected chi connectivity index (χ1v) is 6.92. The molecular weight excluding hydrogens is 258 g/mol. The molecule has 1 heterocycles. The molecule has 0 saturated heterocycles. The fourth-order valence-electron chi connectivity index (χ4n) is 1.79. The quantitative estimate of drug-likeness (QED) is 0.528. The molecule has 2 aromatic rings. The van der Waals surface area contributed by atoms with Crippen LogP contribution in [-0.2, 0) is 7.05 Å². The van der Waals surface area contributed by atoms with Gasteiger partial charge in [0.1, 0.15) is 11.2 Å². The number of oxime groups is 1. The van der Waals surface area contributed by atoms with Crippen LogP contribution in [0.25, 0.3) is 0 Å². The van der Waals surface area contributed by atoms with Gasteiger partial charge in [-0.25, -0.2) is 4.98 Å². The van der Waals surface area contributed by atoms with Crippen molar-refractivity contribution in [3.05, 3.63) is 41.9 Å². The highest BCUT2D eigenvalue weighted by Crippen LogP contribution is 2.33. The Morgan fingerprint density at radius 3 is 2.58 bits per heavy atom. The van der Waals surface area contributed by atoms with E-state index in [-0.39, 0.29) is 0 Å². The molecule has 1 aromatic carbocycles. The van der Waals surface area contributed by atoms with E-state index in [1.165, 1.54) is 11.1 Å². The summed E-state index contributed by atoms with van der Waals surface area (Å²) in [6.45, 7) is 4.22. The first-order chi connectivity index (χ1) is 9.13. The van der Waals surface area contributed by atoms with Crippen LogP contribution in [0.15, 0.2) is 45.4 Å². The summed E-state index contributed by atoms with van der Waals surface area (Å²) in [4.78, 5) is 5.69. The van der Waals surface area contributed by atoms with E-state index in [2.05, 4.69) is 36.1 Å². The molecule has 0 radical (unpaired) electrons. The number of hydrogen-bond acceptors (Lipinski definition) is 4. The fraction of sp³-hybridized carbons (Fsp3) is 0.286. The van der Waals surface area contributed by atoms with Crippen LogP contribution in [0.2, 0.25) is 0 Å². The van der Waals surface area contributed by atoms with Gasteiger partial charge in [0.05, 0.1) is 5.69 Å². The minimum Gasteiger partial charge on any atom is -0.411 e. The summed E-state index contributed by atoms with van der Waals surface area (Å²) in [6, 6.07) is 10.2. The molecule has 0 aliphatic carbocycles. The van der Waals surface area contributed by atoms with Gasteiger partial charge in [-0.1, -0.05) is 49.0 Å². The molecule has 0 aliphatic rings. The highest BCUT2D eigenvalue weighted by Gasteiger charge is 2.17. The van der Waals surface area contributed by atoms with E-state index in [0.717, 1.165) is 10.7 Å². The van der Waals surface area contributed by atoms with Gasteiger partial charge in [-0.3, -0.25) is 0 Å². The number of aromatic nitrogens is 2. The van der Waals surface area contributed by atoms with Gasteiger partial charge >= 0.3 is 0 Å². The number of nitrogens with zero attached hydrogens (tertiary/aromatic N) is 3. The minimum atomic E-state index is 0.318. The molecular formula is C14H17N3OS. The van der Waals surface area contributed by atoms with Crippen molar-refractivity contribution in [2.24, 2.45) is 12.2 Å². The third kappa shape index (κ3) is 2.98. The van der Waals surface area contributed by atoms with Crippen LogP contribution in [0.4, 0.5) is 0 Å². The lowest BCUT2D eigenvalue weighted by atomic mass is 10.2. The van der Waals surface area contributed by atoms with Crippen molar-refractivity contribution >= 4 is 18.0 Å². The van der Waals surface area contributed by atoms with Gasteiger partial charge in [-0.15, -0.1) is 0 Å². The second-order valence-corrected chi connectivity index (χ2v) is 5.60. The second-order valence-electron chi connectivity index (χ2n) is 4.53. The predicted molar refractivity (Wildman–Crippen MR) is 77.2 cm³/mol. The molecule has 0 saturated carbocycles. The van der Waals surface area contributed by atoms with Gasteiger partial charge in [0, 0.05) is 11.9 Å². The van der Waals surface area contributed by atoms with Crippen LogP contribution < -0.4 is 0 Å². The average Bonchev–Trinajstić information content (AvgIpc) is 2.70. The van der Waals surface area contributed by atoms with E-state index in [9.17, 15) is 0 Å². The van der Waals surface area contributed by atoms with Gasteiger partial charge in [-0.2, -0.15) is 0 Å². The van der Waals surface area contributed by atoms with Gasteiger partial charge < -0.3 is 9.77 Å². The van der Waals surface area contributed by atoms with Crippen molar-refractivity contribution in [3.8, 4) is 0 Å². The maximum atomic E-state index is 8.68. The molecule has 0 aliphatic heterocycles. The lowest BCUT2D eigenvalue weighted by molar-refractivity contribution is 0.321. The van der Waals surface area contributed by atoms with E-state index in [0.29, 0.717) is 11.7 Å². The van der Waals surface area contributed by atoms with Crippen LogP contribution in [0.1, 0.15) is 31.3 Å². The van der Waals surface area contributed by atoms with E-state index < -0.39 is 0 Å². The van der Waals surface area contributed by atoms with Crippen molar-refractivity contribution in [3.63, 3.8) is 0 Å². The zero-order chi connectivity index (χ0) is 13.8. The van der Waals surface area contributed by atoms with Crippen LogP contribution in [0.3, 0.4) is 0 Å². The molecule has 2 rings (SSSR count). The Kier molecular flexibility index (Phi) is 4.27. The average molecular weight is 275 g/mol. The first kappa shape index (κ1) is 13.7. The van der Waals surface area contributed by atoms with Crippen molar-refractivity contribution in [1.82, 2.24) is 9.55 Å². The van der Waals surface area contributed by atoms with Crippen molar-refractivity contribution < 1.29 is 5.21 Å². The van der Waals surface area contributed by atoms with E-state index >= 15 is 0 Å². The van der Waals surface area contributed by atoms with Crippen LogP contribution in [0.5, 0.6) is 0 Å². The van der Waals surface area contributed by atoms with Crippen LogP contribution in [0, 0.1) is 0 Å². The number of rotatable bonds is 4. The van der Waals surface area contributed by atoms with Crippen molar-refractivity contribution in [2.45, 2.75) is 29.7 Å². The predicted octanol–water partition coefficient (Wildman–Crippen LogP) is 3.50. The zero-order valence-corrected chi connectivity index (χ0v) is 12.1. The summed E-state index contributed by atoms with van der Waals surface area (Å²) in [5.41, 5.74) is 1.02. The Bertz CT molecular complexity index is 576. The highest BCUT2D eigenvalue weighted by molar-refractivity contribution is 7.99. The summed E-state index contributed by atoms with van der Waals surface area (Å²) in [6.07, 6.45) is 1.36. The van der Waals surface area contributed by atoms with E-state index in [4.69, 9.17) is 5.21 Å². The Hall–Kier alpha value is -1.75. The molecule has 5 heteroatoms. The molecule has 0 unspecified atom stereocenters. The Balaban J connectivity index is 2.43. The summed E-state index contributed by atoms with van der Waals surface area (Å²) >= 11 is 1.67. The molecule has 100 valence electrons. The third-order valence-electron chi connectivity index (χ3n) is 2.78. The number of benzene rings is 1. The SMILES string of the molecule is CC(C)c1nc(/C=N/O)n(C)c1Sc1ccccc1. The largest absolute Gasteiger partial charge is 0.411 e. The lowest BCUT2D eigenvalue weighted by Crippen LogP contribution is -1.97. The molecule has 0 spiro atoms. The third-order valence-corrected chi connectivity index (χ3v) is 3.96. The number of hydrogen-bond donors (Lipinski definition) is 1. The summed E-state index contributed by atoms with van der Waals surface area (Å²) in [5.74, 6) is 0.975. The topological polar surface area (TPSA) is 50.4 Å². The first-order valence-electron chi connectivity index (χ1n) is 6.10. The second kappa shape index (κ2) is 5.93. The normalized spacial score (nSPS) is 11.6. The van der Waals surface area contributed by atoms with Crippen molar-refractivity contribution in [1.29, 1.82) is 0 Å². The molecule has 4 nitrogen and oxygen atoms in total. The Labute approximate surface area is 117 Å². The molecule has 1 N–H and O–H groups in total. The zero-order valence-electron chi connectivity index (χ0n) is 11.2. The standard InChI is InChI=1S/C14H17N3OS/c1-10(2)13-14(17(3)12(16-13)9-15-18)19-11-7-5-4-6-8-11/h4-10,18H,1-3H3/b15-9+. The monoisotopic (exact) mass is 275 g/mol.